The number of benzene rings is 1. The maximum Gasteiger partial charge on any atom is 0.262 e. The molecule has 3 heterocycles. The summed E-state index contributed by atoms with van der Waals surface area (Å²) >= 11 is 0. The number of nitrogens with zero attached hydrogens (tertiary/aromatic N) is 2. The summed E-state index contributed by atoms with van der Waals surface area (Å²) in [5.74, 6) is -0.514. The third-order valence-corrected chi connectivity index (χ3v) is 4.01. The minimum atomic E-state index is -0.607. The highest BCUT2D eigenvalue weighted by molar-refractivity contribution is 6.23. The fraction of sp³-hybridized carbons (Fsp3) is 0.125. The van der Waals surface area contributed by atoms with Crippen LogP contribution < -0.4 is 21.9 Å². The predicted octanol–water partition coefficient (Wildman–Crippen LogP) is -0.347. The van der Waals surface area contributed by atoms with Crippen LogP contribution in [0.4, 0.5) is 5.82 Å². The van der Waals surface area contributed by atoms with E-state index in [1.54, 1.807) is 18.2 Å². The first-order valence-corrected chi connectivity index (χ1v) is 7.36. The number of carbonyl (C=O) groups is 2. The molecule has 1 aromatic heterocycles. The number of pyridine rings is 1. The number of hydrogen-bond acceptors (Lipinski definition) is 6. The van der Waals surface area contributed by atoms with Crippen molar-refractivity contribution in [1.29, 1.82) is 0 Å². The van der Waals surface area contributed by atoms with Gasteiger partial charge in [-0.15, -0.1) is 0 Å². The molecule has 0 fully saturated rings. The number of anilines is 1. The summed E-state index contributed by atoms with van der Waals surface area (Å²) in [5, 5.41) is 5.30. The van der Waals surface area contributed by atoms with Crippen molar-refractivity contribution in [3.8, 4) is 5.69 Å². The molecule has 120 valence electrons. The van der Waals surface area contributed by atoms with Crippen LogP contribution in [0.3, 0.4) is 0 Å². The van der Waals surface area contributed by atoms with Crippen LogP contribution >= 0.6 is 0 Å². The Labute approximate surface area is 136 Å². The van der Waals surface area contributed by atoms with Crippen molar-refractivity contribution in [1.82, 2.24) is 15.2 Å². The van der Waals surface area contributed by atoms with E-state index in [1.807, 2.05) is 6.07 Å². The number of rotatable bonds is 2. The molecule has 0 radical (unpaired) electrons. The van der Waals surface area contributed by atoms with Crippen LogP contribution in [0.1, 0.15) is 26.3 Å². The zero-order chi connectivity index (χ0) is 16.8. The number of imide groups is 1. The summed E-state index contributed by atoms with van der Waals surface area (Å²) in [7, 11) is 0. The smallest absolute Gasteiger partial charge is 0.262 e. The lowest BCUT2D eigenvalue weighted by molar-refractivity contribution is 0.0880. The summed E-state index contributed by atoms with van der Waals surface area (Å²) < 4.78 is 1.22. The van der Waals surface area contributed by atoms with E-state index in [1.165, 1.54) is 4.57 Å². The van der Waals surface area contributed by atoms with Crippen molar-refractivity contribution in [2.45, 2.75) is 0 Å². The Hall–Kier alpha value is -3.42. The third-order valence-electron chi connectivity index (χ3n) is 4.01. The predicted molar refractivity (Wildman–Crippen MR) is 87.7 cm³/mol. The SMILES string of the molecule is Nc1c2c(cc(=O)n1-c1cccc(C3=NCCN3)c1)C(=O)NC2=O. The summed E-state index contributed by atoms with van der Waals surface area (Å²) in [6.45, 7) is 1.46. The van der Waals surface area contributed by atoms with E-state index in [9.17, 15) is 14.4 Å². The zero-order valence-corrected chi connectivity index (χ0v) is 12.5. The lowest BCUT2D eigenvalue weighted by Gasteiger charge is -2.13. The Bertz CT molecular complexity index is 990. The molecule has 0 saturated heterocycles. The van der Waals surface area contributed by atoms with E-state index in [-0.39, 0.29) is 16.9 Å². The maximum atomic E-state index is 12.4. The average molecular weight is 323 g/mol. The lowest BCUT2D eigenvalue weighted by Crippen LogP contribution is -2.25. The molecule has 0 bridgehead atoms. The minimum Gasteiger partial charge on any atom is -0.384 e. The van der Waals surface area contributed by atoms with E-state index in [0.29, 0.717) is 12.2 Å². The van der Waals surface area contributed by atoms with E-state index >= 15 is 0 Å². The zero-order valence-electron chi connectivity index (χ0n) is 12.5. The van der Waals surface area contributed by atoms with Gasteiger partial charge in [0.05, 0.1) is 23.4 Å². The number of nitrogen functional groups attached to an aromatic ring is 1. The fourth-order valence-corrected chi connectivity index (χ4v) is 2.93. The van der Waals surface area contributed by atoms with Crippen LogP contribution in [0.2, 0.25) is 0 Å². The van der Waals surface area contributed by atoms with Gasteiger partial charge in [0.2, 0.25) is 0 Å². The van der Waals surface area contributed by atoms with Crippen molar-refractivity contribution in [2.75, 3.05) is 18.8 Å². The van der Waals surface area contributed by atoms with Gasteiger partial charge in [-0.3, -0.25) is 29.3 Å². The van der Waals surface area contributed by atoms with Crippen LogP contribution in [-0.4, -0.2) is 35.3 Å². The lowest BCUT2D eigenvalue weighted by atomic mass is 10.1. The van der Waals surface area contributed by atoms with E-state index in [4.69, 9.17) is 5.73 Å². The minimum absolute atomic E-state index is 0.0109. The number of carbonyl (C=O) groups excluding carboxylic acids is 2. The molecule has 8 nitrogen and oxygen atoms in total. The Morgan fingerprint density at radius 3 is 2.71 bits per heavy atom. The van der Waals surface area contributed by atoms with Crippen molar-refractivity contribution in [3.05, 3.63) is 57.4 Å². The molecular weight excluding hydrogens is 310 g/mol. The molecule has 2 aromatic rings. The maximum absolute atomic E-state index is 12.4. The van der Waals surface area contributed by atoms with Crippen LogP contribution in [0.15, 0.2) is 40.1 Å². The first kappa shape index (κ1) is 14.2. The normalized spacial score (nSPS) is 15.8. The largest absolute Gasteiger partial charge is 0.384 e. The second kappa shape index (κ2) is 5.05. The Morgan fingerprint density at radius 2 is 1.96 bits per heavy atom. The highest BCUT2D eigenvalue weighted by Gasteiger charge is 2.31. The molecule has 2 aliphatic rings. The van der Waals surface area contributed by atoms with Gasteiger partial charge in [-0.2, -0.15) is 0 Å². The van der Waals surface area contributed by atoms with Crippen molar-refractivity contribution in [2.24, 2.45) is 4.99 Å². The van der Waals surface area contributed by atoms with Crippen LogP contribution in [-0.2, 0) is 0 Å². The first-order chi connectivity index (χ1) is 11.6. The molecule has 4 N–H and O–H groups in total. The number of fused-ring (bicyclic) bond motifs is 1. The highest BCUT2D eigenvalue weighted by Crippen LogP contribution is 2.23. The number of aliphatic imine (C=N–C) groups is 1. The molecule has 0 unspecified atom stereocenters. The van der Waals surface area contributed by atoms with Crippen LogP contribution in [0.25, 0.3) is 5.69 Å². The molecule has 0 atom stereocenters. The number of aromatic nitrogens is 1. The van der Waals surface area contributed by atoms with E-state index in [0.717, 1.165) is 24.0 Å². The Kier molecular flexibility index (Phi) is 2.99. The van der Waals surface area contributed by atoms with E-state index < -0.39 is 17.4 Å². The Morgan fingerprint density at radius 1 is 1.12 bits per heavy atom. The molecule has 2 amide bonds. The molecule has 4 rings (SSSR count). The molecule has 0 spiro atoms. The fourth-order valence-electron chi connectivity index (χ4n) is 2.93. The van der Waals surface area contributed by atoms with Crippen molar-refractivity contribution >= 4 is 23.5 Å². The highest BCUT2D eigenvalue weighted by atomic mass is 16.2. The molecule has 0 saturated carbocycles. The van der Waals surface area contributed by atoms with Gasteiger partial charge >= 0.3 is 0 Å². The van der Waals surface area contributed by atoms with Gasteiger partial charge in [-0.1, -0.05) is 12.1 Å². The monoisotopic (exact) mass is 323 g/mol. The van der Waals surface area contributed by atoms with Crippen LogP contribution in [0, 0.1) is 0 Å². The summed E-state index contributed by atoms with van der Waals surface area (Å²) in [5.41, 5.74) is 6.91. The number of amides is 2. The number of nitrogens with two attached hydrogens (primary N) is 1. The molecule has 2 aliphatic heterocycles. The number of amidine groups is 1. The summed E-state index contributed by atoms with van der Waals surface area (Å²) in [4.78, 5) is 40.4. The topological polar surface area (TPSA) is 119 Å². The molecule has 1 aromatic carbocycles. The van der Waals surface area contributed by atoms with Crippen molar-refractivity contribution in [3.63, 3.8) is 0 Å². The second-order valence-corrected chi connectivity index (χ2v) is 5.48. The van der Waals surface area contributed by atoms with Gasteiger partial charge in [0.1, 0.15) is 11.7 Å². The third kappa shape index (κ3) is 2.00. The molecule has 8 heteroatoms. The first-order valence-electron chi connectivity index (χ1n) is 7.36. The Balaban J connectivity index is 1.91. The van der Waals surface area contributed by atoms with Gasteiger partial charge in [0.15, 0.2) is 0 Å². The summed E-state index contributed by atoms with van der Waals surface area (Å²) in [6, 6.07) is 8.24. The van der Waals surface area contributed by atoms with Crippen LogP contribution in [0.5, 0.6) is 0 Å². The molecule has 0 aliphatic carbocycles. The molecular formula is C16H13N5O3. The quantitative estimate of drug-likeness (QED) is 0.653. The van der Waals surface area contributed by atoms with Gasteiger partial charge in [0.25, 0.3) is 17.4 Å². The molecule has 24 heavy (non-hydrogen) atoms. The van der Waals surface area contributed by atoms with E-state index in [2.05, 4.69) is 15.6 Å². The standard InChI is InChI=1S/C16H13N5O3/c17-13-12-10(15(23)20-16(12)24)7-11(22)21(13)9-3-1-2-8(6-9)14-18-4-5-19-14/h1-3,6-7H,4-5,17H2,(H,18,19)(H,20,23,24). The number of nitrogens with one attached hydrogen (secondary N) is 2. The van der Waals surface area contributed by atoms with Crippen molar-refractivity contribution < 1.29 is 9.59 Å². The summed E-state index contributed by atoms with van der Waals surface area (Å²) in [6.07, 6.45) is 0. The van der Waals surface area contributed by atoms with Gasteiger partial charge in [-0.05, 0) is 12.1 Å². The number of hydrogen-bond donors (Lipinski definition) is 3. The van der Waals surface area contributed by atoms with Gasteiger partial charge < -0.3 is 11.1 Å². The second-order valence-electron chi connectivity index (χ2n) is 5.48. The van der Waals surface area contributed by atoms with Gasteiger partial charge in [0, 0.05) is 18.2 Å². The average Bonchev–Trinajstić information content (AvgIpc) is 3.17. The van der Waals surface area contributed by atoms with Gasteiger partial charge in [-0.25, -0.2) is 0 Å².